The lowest BCUT2D eigenvalue weighted by Crippen LogP contribution is -2.14. The van der Waals surface area contributed by atoms with Crippen LogP contribution in [0.25, 0.3) is 11.5 Å². The number of halogens is 2. The predicted octanol–water partition coefficient (Wildman–Crippen LogP) is 4.39. The maximum Gasteiger partial charge on any atom is 0.277 e. The lowest BCUT2D eigenvalue weighted by Gasteiger charge is -2.07. The molecule has 0 spiro atoms. The molecule has 5 nitrogen and oxygen atoms in total. The van der Waals surface area contributed by atoms with Crippen LogP contribution >= 0.6 is 11.8 Å². The molecule has 2 aromatic carbocycles. The number of carbonyl (C=O) groups excluding carboxylic acids is 1. The summed E-state index contributed by atoms with van der Waals surface area (Å²) in [6.45, 7) is 1.63. The van der Waals surface area contributed by atoms with Gasteiger partial charge in [-0.1, -0.05) is 11.8 Å². The van der Waals surface area contributed by atoms with Crippen molar-refractivity contribution in [2.45, 2.75) is 17.4 Å². The number of ketones is 1. The first-order valence-corrected chi connectivity index (χ1v) is 8.49. The second-order valence-corrected chi connectivity index (χ2v) is 6.65. The van der Waals surface area contributed by atoms with Crippen LogP contribution in [0.1, 0.15) is 17.3 Å². The van der Waals surface area contributed by atoms with Gasteiger partial charge in [0.15, 0.2) is 17.4 Å². The summed E-state index contributed by atoms with van der Waals surface area (Å²) >= 11 is 1.05. The van der Waals surface area contributed by atoms with Gasteiger partial charge in [-0.25, -0.2) is 8.78 Å². The van der Waals surface area contributed by atoms with Gasteiger partial charge in [-0.15, -0.1) is 10.2 Å². The third-order valence-electron chi connectivity index (χ3n) is 3.59. The summed E-state index contributed by atoms with van der Waals surface area (Å²) in [7, 11) is 1.57. The molecule has 0 aliphatic heterocycles. The standard InChI is InChI=1S/C18H14F2N2O3S/c1-10(16(23)12-5-8-14(19)15(20)9-12)26-18-22-21-17(25-18)11-3-6-13(24-2)7-4-11/h3-10H,1-2H3/t10-/m1/s1. The smallest absolute Gasteiger partial charge is 0.277 e. The summed E-state index contributed by atoms with van der Waals surface area (Å²) in [5, 5.41) is 7.47. The number of rotatable bonds is 6. The van der Waals surface area contributed by atoms with Gasteiger partial charge in [-0.3, -0.25) is 4.79 Å². The molecule has 0 saturated heterocycles. The van der Waals surface area contributed by atoms with E-state index in [2.05, 4.69) is 10.2 Å². The van der Waals surface area contributed by atoms with Crippen LogP contribution in [0, 0.1) is 11.6 Å². The van der Waals surface area contributed by atoms with Crippen LogP contribution in [0.4, 0.5) is 8.78 Å². The van der Waals surface area contributed by atoms with Crippen LogP contribution in [0.5, 0.6) is 5.75 Å². The molecule has 0 unspecified atom stereocenters. The first-order chi connectivity index (χ1) is 12.5. The normalized spacial score (nSPS) is 12.0. The van der Waals surface area contributed by atoms with Crippen molar-refractivity contribution in [3.63, 3.8) is 0 Å². The molecule has 0 radical (unpaired) electrons. The Hall–Kier alpha value is -2.74. The summed E-state index contributed by atoms with van der Waals surface area (Å²) in [6, 6.07) is 10.1. The topological polar surface area (TPSA) is 65.2 Å². The van der Waals surface area contributed by atoms with Crippen LogP contribution in [-0.4, -0.2) is 28.3 Å². The van der Waals surface area contributed by atoms with Crippen LogP contribution in [-0.2, 0) is 0 Å². The molecule has 26 heavy (non-hydrogen) atoms. The zero-order valence-corrected chi connectivity index (χ0v) is 14.7. The van der Waals surface area contributed by atoms with E-state index in [1.54, 1.807) is 38.3 Å². The molecule has 3 aromatic rings. The highest BCUT2D eigenvalue weighted by molar-refractivity contribution is 8.00. The lowest BCUT2D eigenvalue weighted by atomic mass is 10.1. The van der Waals surface area contributed by atoms with Crippen molar-refractivity contribution in [3.8, 4) is 17.2 Å². The molecule has 8 heteroatoms. The maximum atomic E-state index is 13.3. The Morgan fingerprint density at radius 2 is 1.85 bits per heavy atom. The summed E-state index contributed by atoms with van der Waals surface area (Å²) < 4.78 is 36.9. The van der Waals surface area contributed by atoms with E-state index in [0.717, 1.165) is 23.9 Å². The van der Waals surface area contributed by atoms with Gasteiger partial charge in [-0.05, 0) is 49.4 Å². The SMILES string of the molecule is COc1ccc(-c2nnc(S[C@H](C)C(=O)c3ccc(F)c(F)c3)o2)cc1. The molecule has 1 aromatic heterocycles. The Bertz CT molecular complexity index is 928. The van der Waals surface area contributed by atoms with E-state index in [1.165, 1.54) is 6.07 Å². The monoisotopic (exact) mass is 376 g/mol. The van der Waals surface area contributed by atoms with Gasteiger partial charge in [0, 0.05) is 11.1 Å². The molecular formula is C18H14F2N2O3S. The zero-order valence-electron chi connectivity index (χ0n) is 13.9. The quantitative estimate of drug-likeness (QED) is 0.470. The Kier molecular flexibility index (Phi) is 5.32. The average Bonchev–Trinajstić information content (AvgIpc) is 3.12. The van der Waals surface area contributed by atoms with Gasteiger partial charge in [0.25, 0.3) is 5.22 Å². The van der Waals surface area contributed by atoms with E-state index in [0.29, 0.717) is 17.2 Å². The van der Waals surface area contributed by atoms with Gasteiger partial charge in [-0.2, -0.15) is 0 Å². The predicted molar refractivity (Wildman–Crippen MR) is 92.3 cm³/mol. The molecule has 3 rings (SSSR count). The number of carbonyl (C=O) groups is 1. The number of hydrogen-bond acceptors (Lipinski definition) is 6. The molecule has 1 atom stereocenters. The number of ether oxygens (including phenoxy) is 1. The van der Waals surface area contributed by atoms with Crippen molar-refractivity contribution >= 4 is 17.5 Å². The van der Waals surface area contributed by atoms with Crippen molar-refractivity contribution in [2.24, 2.45) is 0 Å². The van der Waals surface area contributed by atoms with Gasteiger partial charge in [0.2, 0.25) is 5.89 Å². The largest absolute Gasteiger partial charge is 0.497 e. The molecule has 0 amide bonds. The number of nitrogens with zero attached hydrogens (tertiary/aromatic N) is 2. The van der Waals surface area contributed by atoms with Crippen LogP contribution < -0.4 is 4.74 Å². The fourth-order valence-corrected chi connectivity index (χ4v) is 2.96. The number of benzene rings is 2. The minimum atomic E-state index is -1.06. The summed E-state index contributed by atoms with van der Waals surface area (Å²) in [4.78, 5) is 12.3. The summed E-state index contributed by atoms with van der Waals surface area (Å²) in [5.41, 5.74) is 0.795. The van der Waals surface area contributed by atoms with Crippen LogP contribution in [0.3, 0.4) is 0 Å². The number of methoxy groups -OCH3 is 1. The van der Waals surface area contributed by atoms with E-state index in [9.17, 15) is 13.6 Å². The molecule has 134 valence electrons. The highest BCUT2D eigenvalue weighted by atomic mass is 32.2. The first kappa shape index (κ1) is 18.1. The van der Waals surface area contributed by atoms with Crippen LogP contribution in [0.2, 0.25) is 0 Å². The molecule has 0 aliphatic carbocycles. The van der Waals surface area contributed by atoms with E-state index in [-0.39, 0.29) is 16.6 Å². The third-order valence-corrected chi connectivity index (χ3v) is 4.53. The number of aromatic nitrogens is 2. The van der Waals surface area contributed by atoms with Crippen molar-refractivity contribution in [2.75, 3.05) is 7.11 Å². The minimum absolute atomic E-state index is 0.0822. The summed E-state index contributed by atoms with van der Waals surface area (Å²) in [6.07, 6.45) is 0. The highest BCUT2D eigenvalue weighted by Gasteiger charge is 2.21. The second kappa shape index (κ2) is 7.65. The van der Waals surface area contributed by atoms with Gasteiger partial charge < -0.3 is 9.15 Å². The van der Waals surface area contributed by atoms with E-state index < -0.39 is 16.9 Å². The third kappa shape index (κ3) is 3.91. The van der Waals surface area contributed by atoms with Crippen molar-refractivity contribution in [1.29, 1.82) is 0 Å². The number of thioether (sulfide) groups is 1. The van der Waals surface area contributed by atoms with E-state index in [1.807, 2.05) is 0 Å². The van der Waals surface area contributed by atoms with E-state index in [4.69, 9.17) is 9.15 Å². The minimum Gasteiger partial charge on any atom is -0.497 e. The molecule has 0 aliphatic rings. The summed E-state index contributed by atoms with van der Waals surface area (Å²) in [5.74, 6) is -1.41. The van der Waals surface area contributed by atoms with Gasteiger partial charge >= 0.3 is 0 Å². The van der Waals surface area contributed by atoms with Crippen LogP contribution in [0.15, 0.2) is 52.1 Å². The Morgan fingerprint density at radius 1 is 1.12 bits per heavy atom. The van der Waals surface area contributed by atoms with Crippen molar-refractivity contribution < 1.29 is 22.7 Å². The average molecular weight is 376 g/mol. The van der Waals surface area contributed by atoms with Crippen molar-refractivity contribution in [3.05, 3.63) is 59.7 Å². The van der Waals surface area contributed by atoms with Crippen molar-refractivity contribution in [1.82, 2.24) is 10.2 Å². The van der Waals surface area contributed by atoms with E-state index >= 15 is 0 Å². The highest BCUT2D eigenvalue weighted by Crippen LogP contribution is 2.28. The molecule has 0 bridgehead atoms. The fraction of sp³-hybridized carbons (Fsp3) is 0.167. The molecule has 0 saturated carbocycles. The fourth-order valence-electron chi connectivity index (χ4n) is 2.20. The Labute approximate surface area is 152 Å². The first-order valence-electron chi connectivity index (χ1n) is 7.62. The Morgan fingerprint density at radius 3 is 2.50 bits per heavy atom. The molecule has 1 heterocycles. The molecule has 0 N–H and O–H groups in total. The maximum absolute atomic E-state index is 13.3. The molecular weight excluding hydrogens is 362 g/mol. The lowest BCUT2D eigenvalue weighted by molar-refractivity contribution is 0.0993. The number of Topliss-reactive ketones (excluding diaryl/α,β-unsaturated/α-hetero) is 1. The Balaban J connectivity index is 1.71. The van der Waals surface area contributed by atoms with Gasteiger partial charge in [0.05, 0.1) is 12.4 Å². The molecule has 0 fully saturated rings. The number of hydrogen-bond donors (Lipinski definition) is 0. The zero-order chi connectivity index (χ0) is 18.7. The van der Waals surface area contributed by atoms with Gasteiger partial charge in [0.1, 0.15) is 5.75 Å². The second-order valence-electron chi connectivity index (χ2n) is 5.35.